The standard InChI is InChI=1S/C31H27NSi/c1-25-17-19-26(20-18-25)32-27-21-23-31(24-22-27)33(28-11-5-2-6-12-28,29-13-7-3-8-14-29)30-15-9-4-10-16-30/h2-24,32H,1H3/i1D3. The van der Waals surface area contributed by atoms with Gasteiger partial charge in [0.05, 0.1) is 0 Å². The fraction of sp³-hybridized carbons (Fsp3) is 0.0323. The van der Waals surface area contributed by atoms with Gasteiger partial charge >= 0.3 is 0 Å². The highest BCUT2D eigenvalue weighted by Crippen LogP contribution is 2.17. The van der Waals surface area contributed by atoms with Crippen LogP contribution >= 0.6 is 0 Å². The van der Waals surface area contributed by atoms with Gasteiger partial charge in [0.2, 0.25) is 0 Å². The molecule has 0 aliphatic carbocycles. The summed E-state index contributed by atoms with van der Waals surface area (Å²) in [5.74, 6) is 0. The van der Waals surface area contributed by atoms with Crippen molar-refractivity contribution >= 4 is 40.2 Å². The molecule has 0 amide bonds. The smallest absolute Gasteiger partial charge is 0.179 e. The Hall–Kier alpha value is -3.88. The molecule has 5 aromatic carbocycles. The van der Waals surface area contributed by atoms with Crippen LogP contribution in [0.1, 0.15) is 9.68 Å². The Kier molecular flexibility index (Phi) is 4.98. The summed E-state index contributed by atoms with van der Waals surface area (Å²) in [7, 11) is -2.53. The molecule has 0 bridgehead atoms. The molecule has 0 spiro atoms. The van der Waals surface area contributed by atoms with E-state index in [2.05, 4.69) is 121 Å². The number of anilines is 2. The summed E-state index contributed by atoms with van der Waals surface area (Å²) in [4.78, 5) is 0. The third kappa shape index (κ3) is 4.13. The average Bonchev–Trinajstić information content (AvgIpc) is 2.92. The molecule has 5 aromatic rings. The van der Waals surface area contributed by atoms with Gasteiger partial charge in [0.1, 0.15) is 0 Å². The minimum absolute atomic E-state index is 0.341. The van der Waals surface area contributed by atoms with E-state index in [0.29, 0.717) is 5.56 Å². The summed E-state index contributed by atoms with van der Waals surface area (Å²) >= 11 is 0. The van der Waals surface area contributed by atoms with Crippen molar-refractivity contribution in [3.8, 4) is 0 Å². The highest BCUT2D eigenvalue weighted by molar-refractivity contribution is 7.19. The lowest BCUT2D eigenvalue weighted by atomic mass is 10.2. The third-order valence-corrected chi connectivity index (χ3v) is 10.9. The Morgan fingerprint density at radius 1 is 0.455 bits per heavy atom. The summed E-state index contributed by atoms with van der Waals surface area (Å²) < 4.78 is 22.7. The van der Waals surface area contributed by atoms with Crippen LogP contribution in [0.2, 0.25) is 0 Å². The minimum atomic E-state index is -2.53. The van der Waals surface area contributed by atoms with Crippen LogP contribution in [-0.2, 0) is 0 Å². The molecule has 0 aromatic heterocycles. The third-order valence-electron chi connectivity index (χ3n) is 6.11. The van der Waals surface area contributed by atoms with Gasteiger partial charge in [-0.05, 0) is 51.9 Å². The zero-order chi connectivity index (χ0) is 25.0. The van der Waals surface area contributed by atoms with Gasteiger partial charge in [0, 0.05) is 15.5 Å². The number of aryl methyl sites for hydroxylation is 1. The zero-order valence-electron chi connectivity index (χ0n) is 21.3. The van der Waals surface area contributed by atoms with Gasteiger partial charge in [-0.2, -0.15) is 0 Å². The first-order valence-electron chi connectivity index (χ1n) is 12.6. The maximum Gasteiger partial charge on any atom is 0.179 e. The normalized spacial score (nSPS) is 12.9. The maximum atomic E-state index is 7.58. The number of benzene rings is 5. The second kappa shape index (κ2) is 9.31. The number of hydrogen-bond acceptors (Lipinski definition) is 1. The molecule has 160 valence electrons. The molecular weight excluding hydrogens is 414 g/mol. The first kappa shape index (κ1) is 17.6. The molecule has 33 heavy (non-hydrogen) atoms. The molecule has 2 heteroatoms. The van der Waals surface area contributed by atoms with E-state index in [1.54, 1.807) is 12.1 Å². The molecular formula is C31H27NSi. The highest BCUT2D eigenvalue weighted by Gasteiger charge is 2.41. The second-order valence-electron chi connectivity index (χ2n) is 8.13. The van der Waals surface area contributed by atoms with Crippen LogP contribution in [0.4, 0.5) is 11.4 Å². The van der Waals surface area contributed by atoms with Crippen LogP contribution in [0, 0.1) is 6.85 Å². The van der Waals surface area contributed by atoms with Crippen LogP contribution in [0.15, 0.2) is 140 Å². The lowest BCUT2D eigenvalue weighted by Crippen LogP contribution is -2.74. The summed E-state index contributed by atoms with van der Waals surface area (Å²) in [5, 5.41) is 8.72. The molecule has 0 fully saturated rings. The number of hydrogen-bond donors (Lipinski definition) is 1. The van der Waals surface area contributed by atoms with Gasteiger partial charge in [-0.3, -0.25) is 0 Å². The predicted octanol–water partition coefficient (Wildman–Crippen LogP) is 5.12. The van der Waals surface area contributed by atoms with Gasteiger partial charge in [0.25, 0.3) is 0 Å². The van der Waals surface area contributed by atoms with Crippen LogP contribution in [0.25, 0.3) is 0 Å². The Labute approximate surface area is 201 Å². The summed E-state index contributed by atoms with van der Waals surface area (Å²) in [6.07, 6.45) is 0. The summed E-state index contributed by atoms with van der Waals surface area (Å²) in [5.41, 5.74) is 2.15. The topological polar surface area (TPSA) is 12.0 Å². The Balaban J connectivity index is 1.59. The molecule has 0 aliphatic heterocycles. The van der Waals surface area contributed by atoms with Gasteiger partial charge in [-0.15, -0.1) is 0 Å². The fourth-order valence-electron chi connectivity index (χ4n) is 4.59. The molecule has 1 N–H and O–H groups in total. The van der Waals surface area contributed by atoms with E-state index in [1.165, 1.54) is 20.7 Å². The Morgan fingerprint density at radius 3 is 1.21 bits per heavy atom. The largest absolute Gasteiger partial charge is 0.356 e. The van der Waals surface area contributed by atoms with Crippen molar-refractivity contribution in [2.24, 2.45) is 0 Å². The minimum Gasteiger partial charge on any atom is -0.356 e. The van der Waals surface area contributed by atoms with E-state index in [4.69, 9.17) is 4.11 Å². The molecule has 5 rings (SSSR count). The zero-order valence-corrected chi connectivity index (χ0v) is 19.3. The van der Waals surface area contributed by atoms with Crippen molar-refractivity contribution in [3.63, 3.8) is 0 Å². The molecule has 0 radical (unpaired) electrons. The average molecular weight is 445 g/mol. The number of nitrogens with one attached hydrogen (secondary N) is 1. The van der Waals surface area contributed by atoms with Crippen molar-refractivity contribution in [1.82, 2.24) is 0 Å². The monoisotopic (exact) mass is 444 g/mol. The van der Waals surface area contributed by atoms with Gasteiger partial charge < -0.3 is 5.32 Å². The molecule has 0 saturated heterocycles. The van der Waals surface area contributed by atoms with E-state index in [9.17, 15) is 0 Å². The van der Waals surface area contributed by atoms with Crippen LogP contribution in [0.3, 0.4) is 0 Å². The predicted molar refractivity (Wildman–Crippen MR) is 145 cm³/mol. The van der Waals surface area contributed by atoms with E-state index in [0.717, 1.165) is 11.4 Å². The lowest BCUT2D eigenvalue weighted by Gasteiger charge is -2.34. The summed E-state index contributed by atoms with van der Waals surface area (Å²) in [6, 6.07) is 48.1. The number of rotatable bonds is 6. The summed E-state index contributed by atoms with van der Waals surface area (Å²) in [6.45, 7) is -2.10. The van der Waals surface area contributed by atoms with E-state index < -0.39 is 14.9 Å². The second-order valence-corrected chi connectivity index (χ2v) is 11.9. The highest BCUT2D eigenvalue weighted by atomic mass is 28.3. The van der Waals surface area contributed by atoms with Crippen molar-refractivity contribution in [1.29, 1.82) is 0 Å². The first-order chi connectivity index (χ1) is 17.5. The Bertz CT molecular complexity index is 1300. The molecule has 0 atom stereocenters. The Morgan fingerprint density at radius 2 is 0.818 bits per heavy atom. The fourth-order valence-corrected chi connectivity index (χ4v) is 9.33. The lowest BCUT2D eigenvalue weighted by molar-refractivity contribution is 1.45. The SMILES string of the molecule is [2H]C([2H])([2H])c1ccc(Nc2ccc([Si](c3ccccc3)(c3ccccc3)c3ccccc3)cc2)cc1. The van der Waals surface area contributed by atoms with Crippen molar-refractivity contribution < 1.29 is 4.11 Å². The maximum absolute atomic E-state index is 7.58. The van der Waals surface area contributed by atoms with E-state index in [1.807, 2.05) is 12.1 Å². The molecule has 1 nitrogen and oxygen atoms in total. The molecule has 0 unspecified atom stereocenters. The quantitative estimate of drug-likeness (QED) is 0.283. The van der Waals surface area contributed by atoms with Gasteiger partial charge in [-0.25, -0.2) is 0 Å². The van der Waals surface area contributed by atoms with Crippen molar-refractivity contribution in [2.45, 2.75) is 6.85 Å². The van der Waals surface area contributed by atoms with Crippen LogP contribution < -0.4 is 26.1 Å². The molecule has 0 heterocycles. The van der Waals surface area contributed by atoms with Crippen LogP contribution in [-0.4, -0.2) is 8.07 Å². The van der Waals surface area contributed by atoms with Crippen molar-refractivity contribution in [2.75, 3.05) is 5.32 Å². The van der Waals surface area contributed by atoms with Crippen LogP contribution in [0.5, 0.6) is 0 Å². The van der Waals surface area contributed by atoms with Crippen molar-refractivity contribution in [3.05, 3.63) is 145 Å². The van der Waals surface area contributed by atoms with Gasteiger partial charge in [-0.1, -0.05) is 121 Å². The molecule has 0 aliphatic rings. The van der Waals surface area contributed by atoms with Gasteiger partial charge in [0.15, 0.2) is 8.07 Å². The van der Waals surface area contributed by atoms with E-state index >= 15 is 0 Å². The first-order valence-corrected chi connectivity index (χ1v) is 13.1. The van der Waals surface area contributed by atoms with E-state index in [-0.39, 0.29) is 0 Å². The molecule has 0 saturated carbocycles.